The zero-order chi connectivity index (χ0) is 26.4. The number of amides is 1. The lowest BCUT2D eigenvalue weighted by atomic mass is 9.83. The number of likely N-dealkylation sites (tertiary alicyclic amines) is 1. The van der Waals surface area contributed by atoms with Crippen molar-refractivity contribution < 1.29 is 19.2 Å². The smallest absolute Gasteiger partial charge is 0.329 e. The van der Waals surface area contributed by atoms with Crippen LogP contribution in [-0.2, 0) is 10.2 Å². The van der Waals surface area contributed by atoms with E-state index in [1.165, 1.54) is 16.2 Å². The van der Waals surface area contributed by atoms with Crippen molar-refractivity contribution in [2.24, 2.45) is 5.92 Å². The molecule has 1 aliphatic heterocycles. The van der Waals surface area contributed by atoms with Gasteiger partial charge < -0.3 is 14.5 Å². The van der Waals surface area contributed by atoms with Crippen LogP contribution in [0.3, 0.4) is 0 Å². The number of aryl methyl sites for hydroxylation is 1. The number of nitrogens with zero attached hydrogens (tertiary/aromatic N) is 4. The number of aliphatic carboxylic acids is 1. The molecule has 8 nitrogen and oxygen atoms in total. The third kappa shape index (κ3) is 4.66. The zero-order valence-corrected chi connectivity index (χ0v) is 22.9. The van der Waals surface area contributed by atoms with Crippen LogP contribution in [0.5, 0.6) is 0 Å². The van der Waals surface area contributed by atoms with Gasteiger partial charge in [0.25, 0.3) is 5.91 Å². The molecule has 1 saturated heterocycles. The van der Waals surface area contributed by atoms with Gasteiger partial charge in [-0.15, -0.1) is 11.3 Å². The topological polar surface area (TPSA) is 109 Å². The van der Waals surface area contributed by atoms with Crippen LogP contribution in [0.25, 0.3) is 0 Å². The number of hydrogen-bond donors (Lipinski definition) is 1. The molecule has 2 aromatic heterocycles. The van der Waals surface area contributed by atoms with Crippen molar-refractivity contribution in [3.8, 4) is 0 Å². The number of aromatic nitrogens is 3. The number of thiazole rings is 1. The SMILES string of the molecule is Cc1noc([C@H]2C[C@@](CC(C)C)(C(=O)O)N(C(=O)c3ccc(C(C)(C)C)c(Cl)c3)[C@H]2c2nccs2)n1. The van der Waals surface area contributed by atoms with Gasteiger partial charge in [0.15, 0.2) is 5.82 Å². The van der Waals surface area contributed by atoms with E-state index in [0.717, 1.165) is 5.56 Å². The Hall–Kier alpha value is -2.78. The first kappa shape index (κ1) is 26.3. The highest BCUT2D eigenvalue weighted by molar-refractivity contribution is 7.09. The Kier molecular flexibility index (Phi) is 7.00. The van der Waals surface area contributed by atoms with Crippen molar-refractivity contribution in [2.45, 2.75) is 77.3 Å². The molecule has 1 amide bonds. The number of benzene rings is 1. The van der Waals surface area contributed by atoms with E-state index in [1.54, 1.807) is 25.3 Å². The van der Waals surface area contributed by atoms with E-state index in [0.29, 0.717) is 27.3 Å². The molecule has 10 heteroatoms. The molecule has 0 saturated carbocycles. The van der Waals surface area contributed by atoms with E-state index >= 15 is 0 Å². The zero-order valence-electron chi connectivity index (χ0n) is 21.3. The molecular formula is C26H31ClN4O4S. The number of carbonyl (C=O) groups excluding carboxylic acids is 1. The second-order valence-electron chi connectivity index (χ2n) is 10.9. The molecule has 36 heavy (non-hydrogen) atoms. The van der Waals surface area contributed by atoms with Crippen molar-refractivity contribution in [1.29, 1.82) is 0 Å². The highest BCUT2D eigenvalue weighted by atomic mass is 35.5. The van der Waals surface area contributed by atoms with Gasteiger partial charge in [0.05, 0.1) is 12.0 Å². The van der Waals surface area contributed by atoms with E-state index in [9.17, 15) is 14.7 Å². The van der Waals surface area contributed by atoms with Gasteiger partial charge in [0.1, 0.15) is 10.5 Å². The first-order valence-corrected chi connectivity index (χ1v) is 13.2. The molecule has 0 unspecified atom stereocenters. The number of hydrogen-bond acceptors (Lipinski definition) is 7. The van der Waals surface area contributed by atoms with E-state index in [2.05, 4.69) is 15.1 Å². The van der Waals surface area contributed by atoms with Crippen LogP contribution in [0, 0.1) is 12.8 Å². The molecule has 3 atom stereocenters. The van der Waals surface area contributed by atoms with Gasteiger partial charge in [-0.1, -0.05) is 57.4 Å². The fraction of sp³-hybridized carbons (Fsp3) is 0.500. The molecule has 3 aromatic rings. The first-order chi connectivity index (χ1) is 16.8. The lowest BCUT2D eigenvalue weighted by Crippen LogP contribution is -2.54. The lowest BCUT2D eigenvalue weighted by molar-refractivity contribution is -0.150. The molecule has 3 heterocycles. The van der Waals surface area contributed by atoms with Gasteiger partial charge in [-0.25, -0.2) is 9.78 Å². The van der Waals surface area contributed by atoms with Crippen molar-refractivity contribution in [2.75, 3.05) is 0 Å². The highest BCUT2D eigenvalue weighted by Gasteiger charge is 2.61. The van der Waals surface area contributed by atoms with Crippen LogP contribution in [0.15, 0.2) is 34.3 Å². The molecule has 4 rings (SSSR count). The van der Waals surface area contributed by atoms with E-state index in [1.807, 2.05) is 46.1 Å². The van der Waals surface area contributed by atoms with Crippen LogP contribution in [0.1, 0.15) is 92.1 Å². The van der Waals surface area contributed by atoms with Crippen molar-refractivity contribution in [3.05, 3.63) is 62.6 Å². The molecule has 0 aliphatic carbocycles. The standard InChI is InChI=1S/C26H31ClN4O4S/c1-14(2)12-26(24(33)34)13-17(21-29-15(3)30-35-21)20(22-28-9-10-36-22)31(26)23(32)16-7-8-18(19(27)11-16)25(4,5)6/h7-11,14,17,20H,12-13H2,1-6H3,(H,33,34)/t17-,20+,26-/m0/s1. The van der Waals surface area contributed by atoms with Crippen LogP contribution in [0.2, 0.25) is 5.02 Å². The van der Waals surface area contributed by atoms with Gasteiger partial charge in [-0.3, -0.25) is 4.79 Å². The minimum atomic E-state index is -1.50. The number of carboxylic acid groups (broad SMARTS) is 1. The summed E-state index contributed by atoms with van der Waals surface area (Å²) in [4.78, 5) is 37.7. The summed E-state index contributed by atoms with van der Waals surface area (Å²) in [5.74, 6) is -1.26. The second-order valence-corrected chi connectivity index (χ2v) is 12.2. The Bertz CT molecular complexity index is 1270. The molecule has 0 bridgehead atoms. The summed E-state index contributed by atoms with van der Waals surface area (Å²) >= 11 is 7.98. The minimum Gasteiger partial charge on any atom is -0.479 e. The summed E-state index contributed by atoms with van der Waals surface area (Å²) in [6.07, 6.45) is 2.04. The van der Waals surface area contributed by atoms with Crippen molar-refractivity contribution in [1.82, 2.24) is 20.0 Å². The molecule has 0 radical (unpaired) electrons. The Balaban J connectivity index is 1.91. The summed E-state index contributed by atoms with van der Waals surface area (Å²) in [6.45, 7) is 11.7. The minimum absolute atomic E-state index is 0.00312. The largest absolute Gasteiger partial charge is 0.479 e. The summed E-state index contributed by atoms with van der Waals surface area (Å²) in [6, 6.07) is 4.51. The van der Waals surface area contributed by atoms with E-state index in [-0.39, 0.29) is 24.2 Å². The Labute approximate surface area is 219 Å². The average Bonchev–Trinajstić information content (AvgIpc) is 3.50. The quantitative estimate of drug-likeness (QED) is 0.414. The van der Waals surface area contributed by atoms with Crippen molar-refractivity contribution in [3.63, 3.8) is 0 Å². The third-order valence-corrected chi connectivity index (χ3v) is 7.79. The van der Waals surface area contributed by atoms with E-state index in [4.69, 9.17) is 16.1 Å². The fourth-order valence-electron chi connectivity index (χ4n) is 5.22. The van der Waals surface area contributed by atoms with Crippen LogP contribution < -0.4 is 0 Å². The Morgan fingerprint density at radius 1 is 1.33 bits per heavy atom. The number of carboxylic acids is 1. The molecule has 1 fully saturated rings. The van der Waals surface area contributed by atoms with E-state index < -0.39 is 29.4 Å². The van der Waals surface area contributed by atoms with Crippen molar-refractivity contribution >= 4 is 34.8 Å². The lowest BCUT2D eigenvalue weighted by Gasteiger charge is -2.38. The number of rotatable bonds is 6. The fourth-order valence-corrected chi connectivity index (χ4v) is 6.48. The average molecular weight is 531 g/mol. The van der Waals surface area contributed by atoms with Crippen LogP contribution in [-0.4, -0.2) is 42.5 Å². The molecule has 0 spiro atoms. The molecule has 1 aliphatic rings. The number of carbonyl (C=O) groups is 2. The molecular weight excluding hydrogens is 500 g/mol. The maximum Gasteiger partial charge on any atom is 0.329 e. The monoisotopic (exact) mass is 530 g/mol. The summed E-state index contributed by atoms with van der Waals surface area (Å²) in [7, 11) is 0. The van der Waals surface area contributed by atoms with Crippen LogP contribution >= 0.6 is 22.9 Å². The number of halogens is 1. The normalized spacial score (nSPS) is 22.4. The maximum absolute atomic E-state index is 14.3. The van der Waals surface area contributed by atoms with Crippen LogP contribution in [0.4, 0.5) is 0 Å². The van der Waals surface area contributed by atoms with Gasteiger partial charge >= 0.3 is 5.97 Å². The molecule has 1 N–H and O–H groups in total. The maximum atomic E-state index is 14.3. The van der Waals surface area contributed by atoms with Gasteiger partial charge in [-0.2, -0.15) is 4.98 Å². The highest BCUT2D eigenvalue weighted by Crippen LogP contribution is 2.54. The van der Waals surface area contributed by atoms with Gasteiger partial charge in [0, 0.05) is 22.2 Å². The predicted octanol–water partition coefficient (Wildman–Crippen LogP) is 6.03. The Morgan fingerprint density at radius 2 is 2.06 bits per heavy atom. The summed E-state index contributed by atoms with van der Waals surface area (Å²) < 4.78 is 5.52. The van der Waals surface area contributed by atoms with Gasteiger partial charge in [0.2, 0.25) is 5.89 Å². The van der Waals surface area contributed by atoms with Gasteiger partial charge in [-0.05, 0) is 48.8 Å². The first-order valence-electron chi connectivity index (χ1n) is 11.9. The summed E-state index contributed by atoms with van der Waals surface area (Å²) in [5, 5.41) is 17.5. The summed E-state index contributed by atoms with van der Waals surface area (Å²) in [5.41, 5.74) is -0.473. The Morgan fingerprint density at radius 3 is 2.56 bits per heavy atom. The molecule has 1 aromatic carbocycles. The third-order valence-electron chi connectivity index (χ3n) is 6.63. The predicted molar refractivity (Wildman–Crippen MR) is 137 cm³/mol. The molecule has 192 valence electrons. The second kappa shape index (κ2) is 9.59.